The van der Waals surface area contributed by atoms with Crippen molar-refractivity contribution in [2.45, 2.75) is 20.5 Å². The summed E-state index contributed by atoms with van der Waals surface area (Å²) in [5, 5.41) is 1.28. The molecule has 0 aliphatic rings. The molecule has 6 aromatic rings. The summed E-state index contributed by atoms with van der Waals surface area (Å²) in [5.41, 5.74) is 3.39. The molecule has 4 aromatic carbocycles. The summed E-state index contributed by atoms with van der Waals surface area (Å²) < 4.78 is 33.9. The molecule has 43 heavy (non-hydrogen) atoms. The first-order valence-corrected chi connectivity index (χ1v) is 13.6. The fraction of sp³-hybridized carbons (Fsp3) is 0.143. The number of fused-ring (bicyclic) bond motifs is 2. The summed E-state index contributed by atoms with van der Waals surface area (Å²) >= 11 is 0. The van der Waals surface area contributed by atoms with E-state index in [1.165, 1.54) is 13.2 Å². The Morgan fingerprint density at radius 3 is 2.28 bits per heavy atom. The van der Waals surface area contributed by atoms with Crippen molar-refractivity contribution < 1.29 is 32.6 Å². The van der Waals surface area contributed by atoms with Gasteiger partial charge >= 0.3 is 11.6 Å². The van der Waals surface area contributed by atoms with Crippen LogP contribution in [0, 0.1) is 13.8 Å². The van der Waals surface area contributed by atoms with Gasteiger partial charge in [0.15, 0.2) is 11.5 Å². The molecule has 0 aliphatic carbocycles. The normalized spacial score (nSPS) is 11.1. The Morgan fingerprint density at radius 2 is 1.51 bits per heavy atom. The first-order chi connectivity index (χ1) is 20.9. The number of esters is 1. The van der Waals surface area contributed by atoms with Crippen LogP contribution < -0.4 is 24.6 Å². The van der Waals surface area contributed by atoms with E-state index in [0.29, 0.717) is 68.2 Å². The summed E-state index contributed by atoms with van der Waals surface area (Å²) in [6.45, 7) is 3.94. The number of benzene rings is 4. The van der Waals surface area contributed by atoms with Crippen LogP contribution in [0.5, 0.6) is 23.0 Å². The lowest BCUT2D eigenvalue weighted by molar-refractivity contribution is 0.0735. The molecule has 0 N–H and O–H groups in total. The zero-order valence-corrected chi connectivity index (χ0v) is 24.1. The van der Waals surface area contributed by atoms with E-state index >= 15 is 0 Å². The highest BCUT2D eigenvalue weighted by Gasteiger charge is 2.22. The van der Waals surface area contributed by atoms with Crippen LogP contribution in [0.1, 0.15) is 27.2 Å². The third-order valence-corrected chi connectivity index (χ3v) is 7.31. The van der Waals surface area contributed by atoms with Crippen molar-refractivity contribution in [3.63, 3.8) is 0 Å². The van der Waals surface area contributed by atoms with Crippen LogP contribution in [-0.2, 0) is 6.61 Å². The second-order valence-corrected chi connectivity index (χ2v) is 9.97. The van der Waals surface area contributed by atoms with Gasteiger partial charge in [-0.25, -0.2) is 9.59 Å². The Kier molecular flexibility index (Phi) is 7.34. The van der Waals surface area contributed by atoms with Crippen molar-refractivity contribution >= 4 is 27.9 Å². The molecule has 6 rings (SSSR count). The SMILES string of the molecule is COc1ccc(-c2c(C)c3ccc(OC(=O)c4c(C)oc5ccc(OCc6ccccc6)cc45)cc3oc2=O)cc1OC. The van der Waals surface area contributed by atoms with Gasteiger partial charge in [-0.15, -0.1) is 0 Å². The van der Waals surface area contributed by atoms with Gasteiger partial charge in [0.1, 0.15) is 40.6 Å². The van der Waals surface area contributed by atoms with Crippen LogP contribution in [0.4, 0.5) is 0 Å². The summed E-state index contributed by atoms with van der Waals surface area (Å²) in [6, 6.07) is 25.3. The zero-order valence-electron chi connectivity index (χ0n) is 24.1. The molecule has 0 spiro atoms. The number of carbonyl (C=O) groups is 1. The number of carbonyl (C=O) groups excluding carboxylic acids is 1. The summed E-state index contributed by atoms with van der Waals surface area (Å²) in [5.74, 6) is 1.69. The molecule has 0 radical (unpaired) electrons. The molecule has 8 nitrogen and oxygen atoms in total. The van der Waals surface area contributed by atoms with Gasteiger partial charge in [0.25, 0.3) is 0 Å². The highest BCUT2D eigenvalue weighted by Crippen LogP contribution is 2.35. The number of furan rings is 1. The van der Waals surface area contributed by atoms with E-state index in [1.54, 1.807) is 62.6 Å². The molecule has 0 amide bonds. The molecule has 0 saturated carbocycles. The average molecular weight is 577 g/mol. The van der Waals surface area contributed by atoms with Gasteiger partial charge in [0, 0.05) is 16.8 Å². The maximum Gasteiger partial charge on any atom is 0.347 e. The van der Waals surface area contributed by atoms with Gasteiger partial charge in [0.05, 0.1) is 19.8 Å². The second kappa shape index (κ2) is 11.4. The number of hydrogen-bond acceptors (Lipinski definition) is 8. The monoisotopic (exact) mass is 576 g/mol. The molecule has 0 saturated heterocycles. The first-order valence-electron chi connectivity index (χ1n) is 13.6. The van der Waals surface area contributed by atoms with E-state index in [-0.39, 0.29) is 5.75 Å². The molecule has 0 unspecified atom stereocenters. The van der Waals surface area contributed by atoms with Crippen LogP contribution in [0.15, 0.2) is 98.6 Å². The number of hydrogen-bond donors (Lipinski definition) is 0. The summed E-state index contributed by atoms with van der Waals surface area (Å²) in [6.07, 6.45) is 0. The second-order valence-electron chi connectivity index (χ2n) is 9.97. The van der Waals surface area contributed by atoms with Crippen LogP contribution in [0.2, 0.25) is 0 Å². The largest absolute Gasteiger partial charge is 0.493 e. The Balaban J connectivity index is 1.28. The van der Waals surface area contributed by atoms with Crippen molar-refractivity contribution in [3.05, 3.63) is 118 Å². The minimum absolute atomic E-state index is 0.226. The molecule has 0 atom stereocenters. The molecule has 216 valence electrons. The lowest BCUT2D eigenvalue weighted by Gasteiger charge is -2.12. The van der Waals surface area contributed by atoms with Crippen molar-refractivity contribution in [2.75, 3.05) is 14.2 Å². The fourth-order valence-electron chi connectivity index (χ4n) is 5.17. The van der Waals surface area contributed by atoms with Crippen molar-refractivity contribution in [2.24, 2.45) is 0 Å². The highest BCUT2D eigenvalue weighted by molar-refractivity contribution is 6.05. The van der Waals surface area contributed by atoms with Crippen LogP contribution >= 0.6 is 0 Å². The van der Waals surface area contributed by atoms with Crippen LogP contribution in [-0.4, -0.2) is 20.2 Å². The van der Waals surface area contributed by atoms with Gasteiger partial charge in [-0.1, -0.05) is 36.4 Å². The standard InChI is InChI=1S/C35H28O8/c1-20-26-13-11-25(18-30(26)43-34(36)32(20)23-10-14-29(38-3)31(16-23)39-4)42-35(37)33-21(2)41-28-15-12-24(17-27(28)33)40-19-22-8-6-5-7-9-22/h5-18H,19H2,1-4H3. The number of methoxy groups -OCH3 is 2. The number of aryl methyl sites for hydroxylation is 2. The Bertz CT molecular complexity index is 2040. The fourth-order valence-corrected chi connectivity index (χ4v) is 5.17. The Labute approximate surface area is 247 Å². The number of ether oxygens (including phenoxy) is 4. The zero-order chi connectivity index (χ0) is 30.1. The van der Waals surface area contributed by atoms with Crippen molar-refractivity contribution in [1.82, 2.24) is 0 Å². The first kappa shape index (κ1) is 27.7. The third-order valence-electron chi connectivity index (χ3n) is 7.31. The summed E-state index contributed by atoms with van der Waals surface area (Å²) in [4.78, 5) is 26.5. The van der Waals surface area contributed by atoms with E-state index in [2.05, 4.69) is 0 Å². The quantitative estimate of drug-likeness (QED) is 0.104. The maximum absolute atomic E-state index is 13.4. The van der Waals surface area contributed by atoms with Crippen LogP contribution in [0.3, 0.4) is 0 Å². The number of rotatable bonds is 8. The van der Waals surface area contributed by atoms with E-state index in [9.17, 15) is 9.59 Å². The van der Waals surface area contributed by atoms with Gasteiger partial charge in [-0.3, -0.25) is 0 Å². The molecule has 0 aliphatic heterocycles. The molecule has 0 fully saturated rings. The predicted molar refractivity (Wildman–Crippen MR) is 162 cm³/mol. The highest BCUT2D eigenvalue weighted by atomic mass is 16.5. The lowest BCUT2D eigenvalue weighted by Crippen LogP contribution is -2.10. The lowest BCUT2D eigenvalue weighted by atomic mass is 9.99. The summed E-state index contributed by atoms with van der Waals surface area (Å²) in [7, 11) is 3.08. The third kappa shape index (κ3) is 5.30. The van der Waals surface area contributed by atoms with E-state index < -0.39 is 11.6 Å². The molecular formula is C35H28O8. The van der Waals surface area contributed by atoms with Gasteiger partial charge in [-0.2, -0.15) is 0 Å². The van der Waals surface area contributed by atoms with Gasteiger partial charge in [0.2, 0.25) is 0 Å². The average Bonchev–Trinajstić information content (AvgIpc) is 3.35. The predicted octanol–water partition coefficient (Wildman–Crippen LogP) is 7.64. The van der Waals surface area contributed by atoms with Crippen LogP contribution in [0.25, 0.3) is 33.1 Å². The molecule has 8 heteroatoms. The van der Waals surface area contributed by atoms with Crippen molar-refractivity contribution in [3.8, 4) is 34.1 Å². The smallest absolute Gasteiger partial charge is 0.347 e. The van der Waals surface area contributed by atoms with E-state index in [0.717, 1.165) is 11.1 Å². The molecule has 2 aromatic heterocycles. The van der Waals surface area contributed by atoms with Gasteiger partial charge < -0.3 is 27.8 Å². The Hall–Kier alpha value is -5.50. The topological polar surface area (TPSA) is 97.3 Å². The minimum atomic E-state index is -0.600. The molecule has 0 bridgehead atoms. The van der Waals surface area contributed by atoms with E-state index in [4.69, 9.17) is 27.8 Å². The molecular weight excluding hydrogens is 548 g/mol. The minimum Gasteiger partial charge on any atom is -0.493 e. The molecule has 2 heterocycles. The Morgan fingerprint density at radius 1 is 0.744 bits per heavy atom. The van der Waals surface area contributed by atoms with Crippen molar-refractivity contribution in [1.29, 1.82) is 0 Å². The maximum atomic E-state index is 13.4. The van der Waals surface area contributed by atoms with E-state index in [1.807, 2.05) is 37.3 Å². The van der Waals surface area contributed by atoms with Gasteiger partial charge in [-0.05, 0) is 73.0 Å².